The van der Waals surface area contributed by atoms with Crippen LogP contribution in [0.1, 0.15) is 64.7 Å². The monoisotopic (exact) mass is 310 g/mol. The van der Waals surface area contributed by atoms with Crippen molar-refractivity contribution in [2.75, 3.05) is 0 Å². The van der Waals surface area contributed by atoms with Crippen molar-refractivity contribution in [3.05, 3.63) is 0 Å². The van der Waals surface area contributed by atoms with E-state index in [-0.39, 0.29) is 42.4 Å². The van der Waals surface area contributed by atoms with E-state index in [0.717, 1.165) is 12.8 Å². The Kier molecular flexibility index (Phi) is 15.8. The zero-order chi connectivity index (χ0) is 15.4. The van der Waals surface area contributed by atoms with Crippen molar-refractivity contribution in [1.82, 2.24) is 0 Å². The molecule has 0 spiro atoms. The fourth-order valence-electron chi connectivity index (χ4n) is 1.77. The Morgan fingerprint density at radius 2 is 1.52 bits per heavy atom. The summed E-state index contributed by atoms with van der Waals surface area (Å²) in [4.78, 5) is 33.3. The van der Waals surface area contributed by atoms with Crippen LogP contribution in [0.3, 0.4) is 0 Å². The zero-order valence-corrected chi connectivity index (χ0v) is 12.2. The molecule has 4 N–H and O–H groups in total. The SMILES string of the molecule is CCCCCCCCCC(=O)OC(=O)[C@@H](N)CC(N)=O.[NaH]. The van der Waals surface area contributed by atoms with Crippen LogP contribution >= 0.6 is 0 Å². The summed E-state index contributed by atoms with van der Waals surface area (Å²) in [7, 11) is 0. The zero-order valence-electron chi connectivity index (χ0n) is 12.2. The van der Waals surface area contributed by atoms with Crippen molar-refractivity contribution in [1.29, 1.82) is 0 Å². The molecule has 1 atom stereocenters. The summed E-state index contributed by atoms with van der Waals surface area (Å²) in [6.07, 6.45) is 7.46. The minimum atomic E-state index is -1.16. The molecule has 0 bridgehead atoms. The summed E-state index contributed by atoms with van der Waals surface area (Å²) < 4.78 is 4.55. The van der Waals surface area contributed by atoms with E-state index in [1.807, 2.05) is 0 Å². The molecule has 7 heteroatoms. The second kappa shape index (κ2) is 14.5. The number of rotatable bonds is 11. The predicted octanol–water partition coefficient (Wildman–Crippen LogP) is 0.751. The van der Waals surface area contributed by atoms with Gasteiger partial charge in [0.2, 0.25) is 5.91 Å². The Labute approximate surface area is 148 Å². The Hall–Kier alpha value is -0.430. The first-order chi connectivity index (χ1) is 9.47. The number of carbonyl (C=O) groups is 3. The number of ether oxygens (including phenoxy) is 1. The van der Waals surface area contributed by atoms with Crippen molar-refractivity contribution in [2.24, 2.45) is 11.5 Å². The number of amides is 1. The first-order valence-corrected chi connectivity index (χ1v) is 7.25. The summed E-state index contributed by atoms with van der Waals surface area (Å²) >= 11 is 0. The number of esters is 2. The van der Waals surface area contributed by atoms with E-state index in [1.54, 1.807) is 0 Å². The molecule has 1 amide bonds. The molecule has 0 aliphatic rings. The number of nitrogens with two attached hydrogens (primary N) is 2. The maximum atomic E-state index is 11.4. The number of unbranched alkanes of at least 4 members (excludes halogenated alkanes) is 6. The van der Waals surface area contributed by atoms with Gasteiger partial charge in [0.1, 0.15) is 6.04 Å². The van der Waals surface area contributed by atoms with Crippen molar-refractivity contribution >= 4 is 47.4 Å². The maximum absolute atomic E-state index is 11.4. The molecule has 0 rings (SSSR count). The second-order valence-electron chi connectivity index (χ2n) is 4.94. The van der Waals surface area contributed by atoms with Crippen LogP contribution in [0.25, 0.3) is 0 Å². The van der Waals surface area contributed by atoms with Crippen LogP contribution < -0.4 is 11.5 Å². The summed E-state index contributed by atoms with van der Waals surface area (Å²) in [5.41, 5.74) is 10.3. The Morgan fingerprint density at radius 1 is 1.00 bits per heavy atom. The van der Waals surface area contributed by atoms with E-state index in [0.29, 0.717) is 6.42 Å². The van der Waals surface area contributed by atoms with E-state index < -0.39 is 23.9 Å². The summed E-state index contributed by atoms with van der Waals surface area (Å²) in [5, 5.41) is 0. The fraction of sp³-hybridized carbons (Fsp3) is 0.786. The quantitative estimate of drug-likeness (QED) is 0.253. The third-order valence-corrected chi connectivity index (χ3v) is 2.92. The van der Waals surface area contributed by atoms with Crippen LogP contribution in [-0.4, -0.2) is 53.4 Å². The Balaban J connectivity index is 0. The molecule has 6 nitrogen and oxygen atoms in total. The first kappa shape index (κ1) is 22.8. The molecule has 0 heterocycles. The summed E-state index contributed by atoms with van der Waals surface area (Å²) in [5.74, 6) is -2.19. The molecular formula is C14H27N2NaO4. The third kappa shape index (κ3) is 14.3. The van der Waals surface area contributed by atoms with Gasteiger partial charge in [-0.2, -0.15) is 0 Å². The van der Waals surface area contributed by atoms with Gasteiger partial charge in [0.25, 0.3) is 0 Å². The summed E-state index contributed by atoms with van der Waals surface area (Å²) in [6, 6.07) is -1.16. The van der Waals surface area contributed by atoms with Crippen LogP contribution in [0.15, 0.2) is 0 Å². The minimum absolute atomic E-state index is 0. The van der Waals surface area contributed by atoms with Gasteiger partial charge in [-0.05, 0) is 6.42 Å². The molecule has 0 saturated heterocycles. The molecule has 118 valence electrons. The molecule has 21 heavy (non-hydrogen) atoms. The Morgan fingerprint density at radius 3 is 2.05 bits per heavy atom. The molecule has 0 unspecified atom stereocenters. The van der Waals surface area contributed by atoms with Crippen LogP contribution in [0.2, 0.25) is 0 Å². The first-order valence-electron chi connectivity index (χ1n) is 7.25. The fourth-order valence-corrected chi connectivity index (χ4v) is 1.77. The van der Waals surface area contributed by atoms with Gasteiger partial charge in [-0.1, -0.05) is 45.4 Å². The van der Waals surface area contributed by atoms with E-state index in [2.05, 4.69) is 11.7 Å². The number of hydrogen-bond acceptors (Lipinski definition) is 5. The molecule has 0 fully saturated rings. The molecule has 0 aromatic heterocycles. The average molecular weight is 310 g/mol. The number of hydrogen-bond donors (Lipinski definition) is 2. The van der Waals surface area contributed by atoms with Gasteiger partial charge >= 0.3 is 41.5 Å². The van der Waals surface area contributed by atoms with Gasteiger partial charge in [-0.15, -0.1) is 0 Å². The van der Waals surface area contributed by atoms with Crippen LogP contribution in [0.4, 0.5) is 0 Å². The van der Waals surface area contributed by atoms with Crippen molar-refractivity contribution in [3.63, 3.8) is 0 Å². The second-order valence-corrected chi connectivity index (χ2v) is 4.94. The van der Waals surface area contributed by atoms with Gasteiger partial charge < -0.3 is 16.2 Å². The molecule has 0 saturated carbocycles. The molecule has 0 radical (unpaired) electrons. The van der Waals surface area contributed by atoms with Gasteiger partial charge in [0.15, 0.2) is 0 Å². The van der Waals surface area contributed by atoms with Gasteiger partial charge in [-0.3, -0.25) is 9.59 Å². The third-order valence-electron chi connectivity index (χ3n) is 2.92. The molecular weight excluding hydrogens is 283 g/mol. The molecule has 0 aromatic rings. The normalized spacial score (nSPS) is 11.3. The molecule has 0 aliphatic heterocycles. The van der Waals surface area contributed by atoms with E-state index in [4.69, 9.17) is 11.5 Å². The van der Waals surface area contributed by atoms with Crippen molar-refractivity contribution in [2.45, 2.75) is 70.8 Å². The van der Waals surface area contributed by atoms with Crippen molar-refractivity contribution < 1.29 is 19.1 Å². The summed E-state index contributed by atoms with van der Waals surface area (Å²) in [6.45, 7) is 2.16. The van der Waals surface area contributed by atoms with Crippen molar-refractivity contribution in [3.8, 4) is 0 Å². The Bertz CT molecular complexity index is 324. The van der Waals surface area contributed by atoms with Gasteiger partial charge in [-0.25, -0.2) is 4.79 Å². The number of primary amides is 1. The predicted molar refractivity (Wildman–Crippen MR) is 82.6 cm³/mol. The average Bonchev–Trinajstić information content (AvgIpc) is 2.36. The van der Waals surface area contributed by atoms with Gasteiger partial charge in [0.05, 0.1) is 6.42 Å². The van der Waals surface area contributed by atoms with E-state index in [1.165, 1.54) is 25.7 Å². The molecule has 0 aliphatic carbocycles. The van der Waals surface area contributed by atoms with Gasteiger partial charge in [0, 0.05) is 6.42 Å². The van der Waals surface area contributed by atoms with E-state index >= 15 is 0 Å². The molecule has 0 aromatic carbocycles. The van der Waals surface area contributed by atoms with Crippen LogP contribution in [0, 0.1) is 0 Å². The standard InChI is InChI=1S/C14H26N2O4.Na.H/c1-2-3-4-5-6-7-8-9-13(18)20-14(19)11(15)10-12(16)17;;/h11H,2-10,15H2,1H3,(H2,16,17);;/t11-;;/m0../s1. The van der Waals surface area contributed by atoms with Crippen LogP contribution in [-0.2, 0) is 19.1 Å². The van der Waals surface area contributed by atoms with Crippen LogP contribution in [0.5, 0.6) is 0 Å². The van der Waals surface area contributed by atoms with E-state index in [9.17, 15) is 14.4 Å². The number of carbonyl (C=O) groups excluding carboxylic acids is 3. The topological polar surface area (TPSA) is 112 Å².